The van der Waals surface area contributed by atoms with Crippen molar-refractivity contribution in [2.75, 3.05) is 31.2 Å². The molecule has 0 saturated carbocycles. The van der Waals surface area contributed by atoms with Crippen molar-refractivity contribution < 1.29 is 13.2 Å². The summed E-state index contributed by atoms with van der Waals surface area (Å²) in [5, 5.41) is 0. The number of benzene rings is 1. The number of hydrogen-bond donors (Lipinski definition) is 1. The fourth-order valence-corrected chi connectivity index (χ4v) is 3.08. The van der Waals surface area contributed by atoms with Gasteiger partial charge in [-0.2, -0.15) is 4.31 Å². The Kier molecular flexibility index (Phi) is 4.44. The minimum atomic E-state index is -3.23. The molecule has 1 heterocycles. The SMILES string of the molecule is Nc1ccc(OCCS(=O)(=O)N2CC=CCC2)cc1. The Balaban J connectivity index is 1.84. The van der Waals surface area contributed by atoms with Gasteiger partial charge in [0.05, 0.1) is 5.75 Å². The quantitative estimate of drug-likeness (QED) is 0.651. The average molecular weight is 282 g/mol. The Labute approximate surface area is 113 Å². The van der Waals surface area contributed by atoms with Crippen LogP contribution in [0.25, 0.3) is 0 Å². The Morgan fingerprint density at radius 2 is 1.95 bits per heavy atom. The van der Waals surface area contributed by atoms with E-state index in [1.807, 2.05) is 12.2 Å². The van der Waals surface area contributed by atoms with Crippen LogP contribution in [-0.2, 0) is 10.0 Å². The fourth-order valence-electron chi connectivity index (χ4n) is 1.83. The molecule has 0 bridgehead atoms. The summed E-state index contributed by atoms with van der Waals surface area (Å²) in [6, 6.07) is 6.90. The maximum atomic E-state index is 12.0. The average Bonchev–Trinajstić information content (AvgIpc) is 2.42. The van der Waals surface area contributed by atoms with Crippen LogP contribution in [0.15, 0.2) is 36.4 Å². The van der Waals surface area contributed by atoms with Gasteiger partial charge in [0.2, 0.25) is 10.0 Å². The molecule has 0 amide bonds. The zero-order chi connectivity index (χ0) is 13.7. The first-order valence-electron chi connectivity index (χ1n) is 6.19. The van der Waals surface area contributed by atoms with Crippen LogP contribution in [-0.4, -0.2) is 38.2 Å². The summed E-state index contributed by atoms with van der Waals surface area (Å²) in [6.45, 7) is 1.16. The summed E-state index contributed by atoms with van der Waals surface area (Å²) in [6.07, 6.45) is 4.65. The summed E-state index contributed by atoms with van der Waals surface area (Å²) >= 11 is 0. The third-order valence-electron chi connectivity index (χ3n) is 2.90. The van der Waals surface area contributed by atoms with Gasteiger partial charge in [0.1, 0.15) is 12.4 Å². The topological polar surface area (TPSA) is 72.6 Å². The molecule has 2 rings (SSSR count). The molecule has 2 N–H and O–H groups in total. The predicted octanol–water partition coefficient (Wildman–Crippen LogP) is 1.24. The second-order valence-electron chi connectivity index (χ2n) is 4.35. The van der Waals surface area contributed by atoms with Gasteiger partial charge in [-0.25, -0.2) is 8.42 Å². The van der Waals surface area contributed by atoms with E-state index in [0.29, 0.717) is 24.5 Å². The molecule has 104 valence electrons. The zero-order valence-corrected chi connectivity index (χ0v) is 11.5. The lowest BCUT2D eigenvalue weighted by atomic mass is 10.3. The molecule has 0 fully saturated rings. The molecule has 0 aromatic heterocycles. The summed E-state index contributed by atoms with van der Waals surface area (Å²) in [7, 11) is -3.23. The van der Waals surface area contributed by atoms with Gasteiger partial charge >= 0.3 is 0 Å². The lowest BCUT2D eigenvalue weighted by Crippen LogP contribution is -2.36. The van der Waals surface area contributed by atoms with Crippen molar-refractivity contribution in [1.29, 1.82) is 0 Å². The Bertz CT molecular complexity index is 538. The zero-order valence-electron chi connectivity index (χ0n) is 10.7. The number of ether oxygens (including phenoxy) is 1. The molecule has 1 aliphatic rings. The van der Waals surface area contributed by atoms with Crippen molar-refractivity contribution in [3.05, 3.63) is 36.4 Å². The van der Waals surface area contributed by atoms with E-state index in [-0.39, 0.29) is 12.4 Å². The first-order valence-corrected chi connectivity index (χ1v) is 7.80. The second-order valence-corrected chi connectivity index (χ2v) is 6.44. The number of nitrogens with two attached hydrogens (primary N) is 1. The van der Waals surface area contributed by atoms with Crippen molar-refractivity contribution in [2.24, 2.45) is 0 Å². The van der Waals surface area contributed by atoms with Gasteiger partial charge in [-0.1, -0.05) is 12.2 Å². The van der Waals surface area contributed by atoms with E-state index in [1.165, 1.54) is 4.31 Å². The van der Waals surface area contributed by atoms with Crippen LogP contribution < -0.4 is 10.5 Å². The van der Waals surface area contributed by atoms with Crippen molar-refractivity contribution in [3.8, 4) is 5.75 Å². The van der Waals surface area contributed by atoms with E-state index in [2.05, 4.69) is 0 Å². The minimum absolute atomic E-state index is 0.00871. The van der Waals surface area contributed by atoms with Crippen molar-refractivity contribution >= 4 is 15.7 Å². The molecular weight excluding hydrogens is 264 g/mol. The van der Waals surface area contributed by atoms with Crippen LogP contribution in [0, 0.1) is 0 Å². The highest BCUT2D eigenvalue weighted by atomic mass is 32.2. The Morgan fingerprint density at radius 3 is 2.58 bits per heavy atom. The van der Waals surface area contributed by atoms with E-state index in [1.54, 1.807) is 24.3 Å². The number of sulfonamides is 1. The van der Waals surface area contributed by atoms with Crippen LogP contribution in [0.3, 0.4) is 0 Å². The number of rotatable bonds is 5. The molecule has 0 unspecified atom stereocenters. The van der Waals surface area contributed by atoms with Crippen LogP contribution >= 0.6 is 0 Å². The lowest BCUT2D eigenvalue weighted by molar-refractivity contribution is 0.335. The highest BCUT2D eigenvalue weighted by Gasteiger charge is 2.21. The van der Waals surface area contributed by atoms with Crippen LogP contribution in [0.5, 0.6) is 5.75 Å². The normalized spacial score (nSPS) is 16.4. The Hall–Kier alpha value is -1.53. The summed E-state index contributed by atoms with van der Waals surface area (Å²) in [5.41, 5.74) is 6.21. The molecule has 5 nitrogen and oxygen atoms in total. The molecule has 0 atom stereocenters. The lowest BCUT2D eigenvalue weighted by Gasteiger charge is -2.22. The third-order valence-corrected chi connectivity index (χ3v) is 4.71. The van der Waals surface area contributed by atoms with E-state index >= 15 is 0 Å². The third kappa shape index (κ3) is 3.97. The molecule has 0 aliphatic carbocycles. The number of nitrogens with zero attached hydrogens (tertiary/aromatic N) is 1. The Morgan fingerprint density at radius 1 is 1.21 bits per heavy atom. The van der Waals surface area contributed by atoms with Crippen molar-refractivity contribution in [1.82, 2.24) is 4.31 Å². The highest BCUT2D eigenvalue weighted by Crippen LogP contribution is 2.14. The van der Waals surface area contributed by atoms with Gasteiger partial charge in [-0.15, -0.1) is 0 Å². The van der Waals surface area contributed by atoms with Crippen LogP contribution in [0.4, 0.5) is 5.69 Å². The molecule has 6 heteroatoms. The molecule has 1 aromatic carbocycles. The van der Waals surface area contributed by atoms with Gasteiger partial charge in [0.15, 0.2) is 0 Å². The molecular formula is C13H18N2O3S. The monoisotopic (exact) mass is 282 g/mol. The van der Waals surface area contributed by atoms with Gasteiger partial charge in [-0.3, -0.25) is 0 Å². The van der Waals surface area contributed by atoms with Gasteiger partial charge in [0.25, 0.3) is 0 Å². The van der Waals surface area contributed by atoms with Crippen molar-refractivity contribution in [3.63, 3.8) is 0 Å². The summed E-state index contributed by atoms with van der Waals surface area (Å²) in [4.78, 5) is 0. The first kappa shape index (κ1) is 13.9. The standard InChI is InChI=1S/C13H18N2O3S/c14-12-4-6-13(7-5-12)18-10-11-19(16,17)15-8-2-1-3-9-15/h1-2,4-7H,3,8-11,14H2. The molecule has 19 heavy (non-hydrogen) atoms. The van der Waals surface area contributed by atoms with Gasteiger partial charge < -0.3 is 10.5 Å². The maximum absolute atomic E-state index is 12.0. The maximum Gasteiger partial charge on any atom is 0.217 e. The molecule has 1 aromatic rings. The summed E-state index contributed by atoms with van der Waals surface area (Å²) in [5.74, 6) is 0.619. The minimum Gasteiger partial charge on any atom is -0.492 e. The fraction of sp³-hybridized carbons (Fsp3) is 0.385. The molecule has 0 spiro atoms. The summed E-state index contributed by atoms with van der Waals surface area (Å²) < 4.78 is 30.9. The van der Waals surface area contributed by atoms with Gasteiger partial charge in [0, 0.05) is 18.8 Å². The van der Waals surface area contributed by atoms with Gasteiger partial charge in [-0.05, 0) is 30.7 Å². The molecule has 1 aliphatic heterocycles. The number of hydrogen-bond acceptors (Lipinski definition) is 4. The first-order chi connectivity index (χ1) is 9.08. The smallest absolute Gasteiger partial charge is 0.217 e. The van der Waals surface area contributed by atoms with E-state index in [0.717, 1.165) is 6.42 Å². The highest BCUT2D eigenvalue weighted by molar-refractivity contribution is 7.89. The molecule has 0 radical (unpaired) electrons. The predicted molar refractivity (Wildman–Crippen MR) is 75.5 cm³/mol. The van der Waals surface area contributed by atoms with E-state index in [9.17, 15) is 8.42 Å². The van der Waals surface area contributed by atoms with E-state index in [4.69, 9.17) is 10.5 Å². The van der Waals surface area contributed by atoms with Crippen LogP contribution in [0.1, 0.15) is 6.42 Å². The second kappa shape index (κ2) is 6.08. The van der Waals surface area contributed by atoms with Crippen molar-refractivity contribution in [2.45, 2.75) is 6.42 Å². The molecule has 0 saturated heterocycles. The van der Waals surface area contributed by atoms with E-state index < -0.39 is 10.0 Å². The number of anilines is 1. The number of nitrogen functional groups attached to an aromatic ring is 1. The largest absolute Gasteiger partial charge is 0.492 e. The van der Waals surface area contributed by atoms with Crippen LogP contribution in [0.2, 0.25) is 0 Å².